The van der Waals surface area contributed by atoms with Gasteiger partial charge < -0.3 is 15.3 Å². The number of nitrogens with one attached hydrogen (secondary N) is 1. The van der Waals surface area contributed by atoms with E-state index in [-0.39, 0.29) is 18.1 Å². The summed E-state index contributed by atoms with van der Waals surface area (Å²) >= 11 is 6.77. The molecule has 0 aliphatic carbocycles. The van der Waals surface area contributed by atoms with Crippen LogP contribution >= 0.6 is 11.6 Å². The number of nitrogens with zero attached hydrogens (tertiary/aromatic N) is 7. The summed E-state index contributed by atoms with van der Waals surface area (Å²) < 4.78 is 45.9. The van der Waals surface area contributed by atoms with Crippen LogP contribution in [-0.4, -0.2) is 86.0 Å². The number of alkyl halides is 1. The van der Waals surface area contributed by atoms with Crippen LogP contribution in [0.15, 0.2) is 30.7 Å². The summed E-state index contributed by atoms with van der Waals surface area (Å²) in [7, 11) is 0.607. The molecule has 1 amide bonds. The van der Waals surface area contributed by atoms with Crippen molar-refractivity contribution in [3.05, 3.63) is 35.7 Å². The molecule has 4 aromatic rings. The number of fused-ring (bicyclic) bond motifs is 4. The molecule has 0 spiro atoms. The SMILES string of the molecule is CN(C)S(=O)(=O)n1cc(-c2ccc3nn(C)cc3c2Cl)c2ncc(N3[C@H]4CC[C@@H]3[C@@H](F)[C@@H](NC(=O)O)C4)nc21. The number of rotatable bonds is 5. The van der Waals surface area contributed by atoms with Crippen LogP contribution in [0.1, 0.15) is 19.3 Å². The quantitative estimate of drug-likeness (QED) is 0.370. The van der Waals surface area contributed by atoms with E-state index in [1.165, 1.54) is 26.5 Å². The minimum Gasteiger partial charge on any atom is -0.465 e. The third-order valence-electron chi connectivity index (χ3n) is 7.59. The Balaban J connectivity index is 1.50. The molecule has 206 valence electrons. The minimum atomic E-state index is -4.01. The van der Waals surface area contributed by atoms with Crippen LogP contribution in [-0.2, 0) is 17.3 Å². The van der Waals surface area contributed by atoms with Gasteiger partial charge in [0.2, 0.25) is 0 Å². The van der Waals surface area contributed by atoms with Gasteiger partial charge in [-0.3, -0.25) is 4.68 Å². The summed E-state index contributed by atoms with van der Waals surface area (Å²) in [4.78, 5) is 22.3. The molecular weight excluding hydrogens is 551 g/mol. The molecule has 6 rings (SSSR count). The van der Waals surface area contributed by atoms with Gasteiger partial charge in [0.15, 0.2) is 5.65 Å². The van der Waals surface area contributed by atoms with Crippen molar-refractivity contribution in [2.75, 3.05) is 19.0 Å². The molecule has 2 N–H and O–H groups in total. The molecule has 39 heavy (non-hydrogen) atoms. The topological polar surface area (TPSA) is 138 Å². The Kier molecular flexibility index (Phi) is 5.97. The zero-order valence-corrected chi connectivity index (χ0v) is 22.9. The Labute approximate surface area is 228 Å². The van der Waals surface area contributed by atoms with Crippen molar-refractivity contribution in [3.8, 4) is 11.1 Å². The number of amides is 1. The highest BCUT2D eigenvalue weighted by Crippen LogP contribution is 2.42. The predicted octanol–water partition coefficient (Wildman–Crippen LogP) is 3.01. The second-order valence-electron chi connectivity index (χ2n) is 10.1. The number of hydrogen-bond donors (Lipinski definition) is 2. The first kappa shape index (κ1) is 25.8. The molecule has 0 unspecified atom stereocenters. The maximum absolute atomic E-state index is 15.4. The number of carbonyl (C=O) groups is 1. The van der Waals surface area contributed by atoms with Crippen molar-refractivity contribution >= 4 is 55.8 Å². The number of carboxylic acid groups (broad SMARTS) is 1. The predicted molar refractivity (Wildman–Crippen MR) is 144 cm³/mol. The molecule has 2 aliphatic heterocycles. The number of aryl methyl sites for hydroxylation is 1. The van der Waals surface area contributed by atoms with E-state index in [1.54, 1.807) is 30.1 Å². The van der Waals surface area contributed by atoms with Crippen LogP contribution in [0.5, 0.6) is 0 Å². The van der Waals surface area contributed by atoms with Crippen molar-refractivity contribution in [3.63, 3.8) is 0 Å². The van der Waals surface area contributed by atoms with Crippen molar-refractivity contribution in [2.24, 2.45) is 7.05 Å². The summed E-state index contributed by atoms with van der Waals surface area (Å²) in [5.74, 6) is 0.333. The van der Waals surface area contributed by atoms with Crippen molar-refractivity contribution in [1.82, 2.24) is 33.3 Å². The monoisotopic (exact) mass is 576 g/mol. The molecule has 4 atom stereocenters. The Bertz CT molecular complexity index is 1740. The van der Waals surface area contributed by atoms with Crippen molar-refractivity contribution < 1.29 is 22.7 Å². The Hall–Kier alpha value is -3.49. The van der Waals surface area contributed by atoms with Crippen LogP contribution < -0.4 is 10.2 Å². The Morgan fingerprint density at radius 3 is 2.72 bits per heavy atom. The van der Waals surface area contributed by atoms with E-state index < -0.39 is 34.6 Å². The second kappa shape index (κ2) is 9.03. The molecule has 2 aliphatic rings. The number of hydrogen-bond acceptors (Lipinski definition) is 7. The molecule has 2 fully saturated rings. The number of halogens is 2. The number of aromatic nitrogens is 5. The summed E-state index contributed by atoms with van der Waals surface area (Å²) in [5, 5.41) is 16.9. The highest BCUT2D eigenvalue weighted by atomic mass is 35.5. The van der Waals surface area contributed by atoms with E-state index in [9.17, 15) is 13.2 Å². The van der Waals surface area contributed by atoms with Gasteiger partial charge in [-0.2, -0.15) is 17.8 Å². The maximum atomic E-state index is 15.4. The first-order valence-corrected chi connectivity index (χ1v) is 14.1. The number of benzene rings is 1. The lowest BCUT2D eigenvalue weighted by atomic mass is 9.95. The molecule has 0 saturated carbocycles. The third-order valence-corrected chi connectivity index (χ3v) is 9.69. The molecule has 2 saturated heterocycles. The van der Waals surface area contributed by atoms with Crippen molar-refractivity contribution in [2.45, 2.75) is 43.6 Å². The first-order chi connectivity index (χ1) is 18.5. The molecule has 2 bridgehead atoms. The summed E-state index contributed by atoms with van der Waals surface area (Å²) in [6.45, 7) is 0. The molecule has 15 heteroatoms. The third kappa shape index (κ3) is 4.00. The fourth-order valence-corrected chi connectivity index (χ4v) is 7.06. The van der Waals surface area contributed by atoms with E-state index >= 15 is 4.39 Å². The lowest BCUT2D eigenvalue weighted by Crippen LogP contribution is -2.58. The summed E-state index contributed by atoms with van der Waals surface area (Å²) in [6.07, 6.45) is 3.48. The molecule has 3 aromatic heterocycles. The normalized spacial score (nSPS) is 23.3. The highest BCUT2D eigenvalue weighted by molar-refractivity contribution is 7.87. The Morgan fingerprint density at radius 2 is 2.00 bits per heavy atom. The molecular formula is C24H26ClFN8O4S. The van der Waals surface area contributed by atoms with E-state index in [0.29, 0.717) is 51.2 Å². The first-order valence-electron chi connectivity index (χ1n) is 12.3. The zero-order chi connectivity index (χ0) is 27.8. The minimum absolute atomic E-state index is 0.0825. The standard InChI is InChI=1S/C24H26ClFN8O4S/c1-31(2)39(37,38)33-11-14(13-5-6-16-15(20(13)25)10-32(3)30-16)22-23(33)29-19(9-27-22)34-12-4-7-18(34)21(26)17(8-12)28-24(35)36/h5-6,9-12,17-18,21,28H,4,7-8H2,1-3H3,(H,35,36)/t12-,17-,18+,21-/m0/s1. The van der Waals surface area contributed by atoms with Crippen LogP contribution in [0.2, 0.25) is 5.02 Å². The Morgan fingerprint density at radius 1 is 1.23 bits per heavy atom. The molecule has 0 radical (unpaired) electrons. The smallest absolute Gasteiger partial charge is 0.404 e. The van der Waals surface area contributed by atoms with Gasteiger partial charge in [-0.1, -0.05) is 17.7 Å². The summed E-state index contributed by atoms with van der Waals surface area (Å²) in [6, 6.07) is 1.98. The zero-order valence-electron chi connectivity index (χ0n) is 21.3. The second-order valence-corrected chi connectivity index (χ2v) is 12.5. The van der Waals surface area contributed by atoms with Crippen LogP contribution in [0.25, 0.3) is 33.2 Å². The average molecular weight is 577 g/mol. The van der Waals surface area contributed by atoms with Gasteiger partial charge in [-0.05, 0) is 25.3 Å². The van der Waals surface area contributed by atoms with E-state index in [1.807, 2.05) is 4.90 Å². The molecule has 5 heterocycles. The summed E-state index contributed by atoms with van der Waals surface area (Å²) in [5.41, 5.74) is 2.14. The van der Waals surface area contributed by atoms with Gasteiger partial charge in [0.05, 0.1) is 28.8 Å². The van der Waals surface area contributed by atoms with Gasteiger partial charge in [-0.15, -0.1) is 0 Å². The van der Waals surface area contributed by atoms with Gasteiger partial charge >= 0.3 is 16.3 Å². The average Bonchev–Trinajstić information content (AvgIpc) is 3.55. The lowest BCUT2D eigenvalue weighted by Gasteiger charge is -2.41. The van der Waals surface area contributed by atoms with Gasteiger partial charge in [-0.25, -0.2) is 23.1 Å². The molecule has 12 nitrogen and oxygen atoms in total. The van der Waals surface area contributed by atoms with E-state index in [0.717, 1.165) is 8.28 Å². The van der Waals surface area contributed by atoms with Crippen LogP contribution in [0, 0.1) is 0 Å². The van der Waals surface area contributed by atoms with Gasteiger partial charge in [0.25, 0.3) is 0 Å². The van der Waals surface area contributed by atoms with Gasteiger partial charge in [0, 0.05) is 56.1 Å². The fraction of sp³-hybridized carbons (Fsp3) is 0.417. The van der Waals surface area contributed by atoms with Gasteiger partial charge in [0.1, 0.15) is 17.5 Å². The largest absolute Gasteiger partial charge is 0.465 e. The van der Waals surface area contributed by atoms with Crippen molar-refractivity contribution in [1.29, 1.82) is 0 Å². The van der Waals surface area contributed by atoms with Crippen LogP contribution in [0.4, 0.5) is 15.0 Å². The molecule has 1 aromatic carbocycles. The maximum Gasteiger partial charge on any atom is 0.404 e. The fourth-order valence-electron chi connectivity index (χ4n) is 5.81. The van der Waals surface area contributed by atoms with E-state index in [2.05, 4.69) is 15.4 Å². The van der Waals surface area contributed by atoms with E-state index in [4.69, 9.17) is 21.7 Å². The highest BCUT2D eigenvalue weighted by Gasteiger charge is 2.49. The van der Waals surface area contributed by atoms with Crippen LogP contribution in [0.3, 0.4) is 0 Å². The lowest BCUT2D eigenvalue weighted by molar-refractivity contribution is 0.152. The number of anilines is 1. The number of piperidine rings is 1.